The standard InChI is InChI=1S/C14H21BrN2O3.ClH/c1-16-6-4-5-14(18)17-9-10-7-12(19-2)13(20-3)8-11(10)15;/h7-8,16H,4-6,9H2,1-3H3,(H,17,18);1H. The Hall–Kier alpha value is -0.980. The number of nitrogens with one attached hydrogen (secondary N) is 2. The summed E-state index contributed by atoms with van der Waals surface area (Å²) in [6.07, 6.45) is 1.35. The second-order valence-electron chi connectivity index (χ2n) is 4.28. The van der Waals surface area contributed by atoms with Crippen molar-refractivity contribution in [3.63, 3.8) is 0 Å². The van der Waals surface area contributed by atoms with E-state index in [0.29, 0.717) is 24.5 Å². The summed E-state index contributed by atoms with van der Waals surface area (Å²) in [5, 5.41) is 5.91. The van der Waals surface area contributed by atoms with E-state index in [4.69, 9.17) is 9.47 Å². The predicted molar refractivity (Wildman–Crippen MR) is 89.5 cm³/mol. The van der Waals surface area contributed by atoms with E-state index in [1.54, 1.807) is 14.2 Å². The van der Waals surface area contributed by atoms with Crippen molar-refractivity contribution >= 4 is 34.2 Å². The molecule has 0 aliphatic heterocycles. The Morgan fingerprint density at radius 3 is 2.43 bits per heavy atom. The molecular weight excluding hydrogens is 360 g/mol. The highest BCUT2D eigenvalue weighted by Gasteiger charge is 2.10. The molecular formula is C14H22BrClN2O3. The zero-order valence-corrected chi connectivity index (χ0v) is 14.9. The molecule has 2 N–H and O–H groups in total. The molecule has 0 saturated heterocycles. The molecule has 0 bridgehead atoms. The van der Waals surface area contributed by atoms with Gasteiger partial charge in [-0.25, -0.2) is 0 Å². The van der Waals surface area contributed by atoms with Crippen LogP contribution in [0.15, 0.2) is 16.6 Å². The SMILES string of the molecule is CNCCCC(=O)NCc1cc(OC)c(OC)cc1Br.Cl. The minimum atomic E-state index is 0. The Bertz CT molecular complexity index is 458. The summed E-state index contributed by atoms with van der Waals surface area (Å²) in [7, 11) is 5.05. The Morgan fingerprint density at radius 1 is 1.24 bits per heavy atom. The molecule has 0 atom stereocenters. The van der Waals surface area contributed by atoms with E-state index < -0.39 is 0 Å². The lowest BCUT2D eigenvalue weighted by Crippen LogP contribution is -2.23. The van der Waals surface area contributed by atoms with Crippen LogP contribution in [0.2, 0.25) is 0 Å². The van der Waals surface area contributed by atoms with Crippen LogP contribution < -0.4 is 20.1 Å². The summed E-state index contributed by atoms with van der Waals surface area (Å²) < 4.78 is 11.3. The third-order valence-electron chi connectivity index (χ3n) is 2.86. The normalized spacial score (nSPS) is 9.71. The Morgan fingerprint density at radius 2 is 1.86 bits per heavy atom. The first-order valence-electron chi connectivity index (χ1n) is 6.44. The number of amides is 1. The van der Waals surface area contributed by atoms with Gasteiger partial charge in [-0.15, -0.1) is 12.4 Å². The highest BCUT2D eigenvalue weighted by Crippen LogP contribution is 2.33. The zero-order valence-electron chi connectivity index (χ0n) is 12.5. The van der Waals surface area contributed by atoms with E-state index in [2.05, 4.69) is 26.6 Å². The monoisotopic (exact) mass is 380 g/mol. The van der Waals surface area contributed by atoms with Gasteiger partial charge in [0.25, 0.3) is 0 Å². The first-order valence-corrected chi connectivity index (χ1v) is 7.23. The fourth-order valence-electron chi connectivity index (χ4n) is 1.74. The molecule has 1 amide bonds. The van der Waals surface area contributed by atoms with Gasteiger partial charge in [0.1, 0.15) is 0 Å². The molecule has 0 saturated carbocycles. The molecule has 1 aromatic rings. The maximum atomic E-state index is 11.7. The number of carbonyl (C=O) groups excluding carboxylic acids is 1. The third-order valence-corrected chi connectivity index (χ3v) is 3.60. The first-order chi connectivity index (χ1) is 9.62. The van der Waals surface area contributed by atoms with Crippen LogP contribution in [0.1, 0.15) is 18.4 Å². The second kappa shape index (κ2) is 10.7. The van der Waals surface area contributed by atoms with Gasteiger partial charge < -0.3 is 20.1 Å². The summed E-state index contributed by atoms with van der Waals surface area (Å²) in [5.74, 6) is 1.35. The van der Waals surface area contributed by atoms with E-state index in [1.165, 1.54) is 0 Å². The first kappa shape index (κ1) is 20.0. The van der Waals surface area contributed by atoms with Crippen LogP contribution in [-0.2, 0) is 11.3 Å². The fraction of sp³-hybridized carbons (Fsp3) is 0.500. The van der Waals surface area contributed by atoms with Crippen molar-refractivity contribution in [2.24, 2.45) is 0 Å². The van der Waals surface area contributed by atoms with Crippen LogP contribution in [0.4, 0.5) is 0 Å². The van der Waals surface area contributed by atoms with Gasteiger partial charge in [0.15, 0.2) is 11.5 Å². The molecule has 0 spiro atoms. The summed E-state index contributed by atoms with van der Waals surface area (Å²) in [6.45, 7) is 1.30. The molecule has 7 heteroatoms. The molecule has 120 valence electrons. The van der Waals surface area contributed by atoms with Crippen molar-refractivity contribution in [3.05, 3.63) is 22.2 Å². The molecule has 0 aliphatic carbocycles. The minimum absolute atomic E-state index is 0. The molecule has 1 aromatic carbocycles. The van der Waals surface area contributed by atoms with E-state index in [9.17, 15) is 4.79 Å². The second-order valence-corrected chi connectivity index (χ2v) is 5.14. The summed E-state index contributed by atoms with van der Waals surface area (Å²) in [6, 6.07) is 3.69. The fourth-order valence-corrected chi connectivity index (χ4v) is 2.20. The number of rotatable bonds is 8. The Labute approximate surface area is 140 Å². The third kappa shape index (κ3) is 6.54. The minimum Gasteiger partial charge on any atom is -0.493 e. The number of carbonyl (C=O) groups is 1. The maximum absolute atomic E-state index is 11.7. The van der Waals surface area contributed by atoms with Crippen LogP contribution in [0.5, 0.6) is 11.5 Å². The molecule has 0 heterocycles. The van der Waals surface area contributed by atoms with Crippen molar-refractivity contribution in [3.8, 4) is 11.5 Å². The summed E-state index contributed by atoms with van der Waals surface area (Å²) in [5.41, 5.74) is 0.949. The van der Waals surface area contributed by atoms with Crippen LogP contribution in [0.25, 0.3) is 0 Å². The quantitative estimate of drug-likeness (QED) is 0.679. The largest absolute Gasteiger partial charge is 0.493 e. The topological polar surface area (TPSA) is 59.6 Å². The van der Waals surface area contributed by atoms with Gasteiger partial charge in [0.2, 0.25) is 5.91 Å². The van der Waals surface area contributed by atoms with E-state index in [-0.39, 0.29) is 18.3 Å². The van der Waals surface area contributed by atoms with E-state index >= 15 is 0 Å². The Kier molecular flexibility index (Phi) is 10.2. The molecule has 1 rings (SSSR count). The number of hydrogen-bond acceptors (Lipinski definition) is 4. The highest BCUT2D eigenvalue weighted by molar-refractivity contribution is 9.10. The molecule has 0 radical (unpaired) electrons. The highest BCUT2D eigenvalue weighted by atomic mass is 79.9. The van der Waals surface area contributed by atoms with Gasteiger partial charge in [-0.05, 0) is 37.7 Å². The zero-order chi connectivity index (χ0) is 15.0. The van der Waals surface area contributed by atoms with E-state index in [1.807, 2.05) is 19.2 Å². The molecule has 0 aromatic heterocycles. The lowest BCUT2D eigenvalue weighted by atomic mass is 10.2. The van der Waals surface area contributed by atoms with Gasteiger partial charge in [-0.1, -0.05) is 15.9 Å². The average Bonchev–Trinajstić information content (AvgIpc) is 2.45. The molecule has 0 aliphatic rings. The molecule has 5 nitrogen and oxygen atoms in total. The maximum Gasteiger partial charge on any atom is 0.220 e. The number of ether oxygens (including phenoxy) is 2. The van der Waals surface area contributed by atoms with Crippen LogP contribution >= 0.6 is 28.3 Å². The molecule has 0 fully saturated rings. The smallest absolute Gasteiger partial charge is 0.220 e. The van der Waals surface area contributed by atoms with Crippen molar-refractivity contribution in [1.29, 1.82) is 0 Å². The van der Waals surface area contributed by atoms with Gasteiger partial charge in [-0.3, -0.25) is 4.79 Å². The summed E-state index contributed by atoms with van der Waals surface area (Å²) in [4.78, 5) is 11.7. The van der Waals surface area contributed by atoms with E-state index in [0.717, 1.165) is 23.0 Å². The summed E-state index contributed by atoms with van der Waals surface area (Å²) >= 11 is 3.47. The van der Waals surface area contributed by atoms with Crippen LogP contribution in [-0.4, -0.2) is 33.7 Å². The predicted octanol–water partition coefficient (Wildman–Crippen LogP) is 2.50. The van der Waals surface area contributed by atoms with Crippen molar-refractivity contribution in [2.45, 2.75) is 19.4 Å². The number of methoxy groups -OCH3 is 2. The molecule has 0 unspecified atom stereocenters. The average molecular weight is 382 g/mol. The van der Waals surface area contributed by atoms with Gasteiger partial charge in [-0.2, -0.15) is 0 Å². The van der Waals surface area contributed by atoms with Gasteiger partial charge >= 0.3 is 0 Å². The molecule has 21 heavy (non-hydrogen) atoms. The van der Waals surface area contributed by atoms with Gasteiger partial charge in [0.05, 0.1) is 14.2 Å². The van der Waals surface area contributed by atoms with Crippen LogP contribution in [0, 0.1) is 0 Å². The van der Waals surface area contributed by atoms with Gasteiger partial charge in [0, 0.05) is 17.4 Å². The van der Waals surface area contributed by atoms with Crippen molar-refractivity contribution in [1.82, 2.24) is 10.6 Å². The number of halogens is 2. The lowest BCUT2D eigenvalue weighted by molar-refractivity contribution is -0.121. The van der Waals surface area contributed by atoms with Crippen molar-refractivity contribution in [2.75, 3.05) is 27.8 Å². The van der Waals surface area contributed by atoms with Crippen molar-refractivity contribution < 1.29 is 14.3 Å². The number of benzene rings is 1. The van der Waals surface area contributed by atoms with Crippen LogP contribution in [0.3, 0.4) is 0 Å². The Balaban J connectivity index is 0.00000400. The number of hydrogen-bond donors (Lipinski definition) is 2. The lowest BCUT2D eigenvalue weighted by Gasteiger charge is -2.12.